The summed E-state index contributed by atoms with van der Waals surface area (Å²) in [5.41, 5.74) is 0.0894. The summed E-state index contributed by atoms with van der Waals surface area (Å²) in [6.07, 6.45) is 1.82. The minimum atomic E-state index is -0.370. The van der Waals surface area contributed by atoms with Crippen LogP contribution in [-0.2, 0) is 4.74 Å². The van der Waals surface area contributed by atoms with E-state index in [0.29, 0.717) is 16.6 Å². The van der Waals surface area contributed by atoms with Gasteiger partial charge in [-0.05, 0) is 53.9 Å². The Hall–Kier alpha value is -0.940. The fourth-order valence-corrected chi connectivity index (χ4v) is 2.58. The van der Waals surface area contributed by atoms with Crippen molar-refractivity contribution in [3.8, 4) is 0 Å². The topological polar surface area (TPSA) is 38.3 Å². The Kier molecular flexibility index (Phi) is 4.02. The molecule has 1 aliphatic heterocycles. The lowest BCUT2D eigenvalue weighted by molar-refractivity contribution is 0.0272. The molecule has 0 aliphatic carbocycles. The molecule has 1 N–H and O–H groups in total. The molecule has 0 aromatic heterocycles. The Bertz CT molecular complexity index is 458. The van der Waals surface area contributed by atoms with E-state index in [4.69, 9.17) is 4.74 Å². The number of rotatable bonds is 2. The van der Waals surface area contributed by atoms with Crippen LogP contribution in [0.15, 0.2) is 22.7 Å². The summed E-state index contributed by atoms with van der Waals surface area (Å²) < 4.78 is 18.8. The lowest BCUT2D eigenvalue weighted by Gasteiger charge is -2.34. The van der Waals surface area contributed by atoms with Crippen molar-refractivity contribution in [3.05, 3.63) is 34.1 Å². The molecule has 2 rings (SSSR count). The Morgan fingerprint density at radius 1 is 1.56 bits per heavy atom. The molecule has 1 atom stereocenters. The molecule has 0 bridgehead atoms. The maximum absolute atomic E-state index is 13.0. The SMILES string of the molecule is CC1(NC(=O)c2ccc(F)cc2Br)CCCOC1. The van der Waals surface area contributed by atoms with Crippen molar-refractivity contribution in [2.24, 2.45) is 0 Å². The number of hydrogen-bond acceptors (Lipinski definition) is 2. The third-order valence-corrected chi connectivity index (χ3v) is 3.69. The highest BCUT2D eigenvalue weighted by atomic mass is 79.9. The summed E-state index contributed by atoms with van der Waals surface area (Å²) in [5, 5.41) is 2.96. The molecule has 1 aromatic rings. The van der Waals surface area contributed by atoms with E-state index in [1.54, 1.807) is 0 Å². The number of carbonyl (C=O) groups excluding carboxylic acids is 1. The van der Waals surface area contributed by atoms with Crippen molar-refractivity contribution >= 4 is 21.8 Å². The maximum atomic E-state index is 13.0. The van der Waals surface area contributed by atoms with E-state index in [0.717, 1.165) is 19.4 Å². The first-order chi connectivity index (χ1) is 8.50. The zero-order chi connectivity index (χ0) is 13.2. The molecule has 0 radical (unpaired) electrons. The maximum Gasteiger partial charge on any atom is 0.252 e. The lowest BCUT2D eigenvalue weighted by Crippen LogP contribution is -2.51. The van der Waals surface area contributed by atoms with Crippen LogP contribution in [0.1, 0.15) is 30.1 Å². The van der Waals surface area contributed by atoms with Crippen molar-refractivity contribution in [3.63, 3.8) is 0 Å². The van der Waals surface area contributed by atoms with Gasteiger partial charge < -0.3 is 10.1 Å². The van der Waals surface area contributed by atoms with E-state index in [-0.39, 0.29) is 17.3 Å². The molecule has 1 aromatic carbocycles. The van der Waals surface area contributed by atoms with Crippen LogP contribution in [-0.4, -0.2) is 24.7 Å². The number of ether oxygens (including phenoxy) is 1. The van der Waals surface area contributed by atoms with Gasteiger partial charge in [0.25, 0.3) is 5.91 Å². The number of nitrogens with one attached hydrogen (secondary N) is 1. The lowest BCUT2D eigenvalue weighted by atomic mass is 9.94. The molecule has 0 saturated carbocycles. The van der Waals surface area contributed by atoms with E-state index in [9.17, 15) is 9.18 Å². The minimum absolute atomic E-state index is 0.213. The quantitative estimate of drug-likeness (QED) is 0.911. The second kappa shape index (κ2) is 5.36. The number of amides is 1. The molecule has 1 unspecified atom stereocenters. The average Bonchev–Trinajstić information content (AvgIpc) is 2.28. The van der Waals surface area contributed by atoms with Gasteiger partial charge in [0.05, 0.1) is 17.7 Å². The monoisotopic (exact) mass is 315 g/mol. The highest BCUT2D eigenvalue weighted by Gasteiger charge is 2.30. The first kappa shape index (κ1) is 13.5. The Morgan fingerprint density at radius 3 is 2.94 bits per heavy atom. The van der Waals surface area contributed by atoms with Gasteiger partial charge in [0.1, 0.15) is 5.82 Å². The Balaban J connectivity index is 2.11. The van der Waals surface area contributed by atoms with Gasteiger partial charge in [-0.15, -0.1) is 0 Å². The van der Waals surface area contributed by atoms with Crippen molar-refractivity contribution in [1.29, 1.82) is 0 Å². The van der Waals surface area contributed by atoms with E-state index >= 15 is 0 Å². The Labute approximate surface area is 114 Å². The van der Waals surface area contributed by atoms with E-state index in [1.165, 1.54) is 18.2 Å². The van der Waals surface area contributed by atoms with Gasteiger partial charge in [0.2, 0.25) is 0 Å². The first-order valence-electron chi connectivity index (χ1n) is 5.85. The van der Waals surface area contributed by atoms with E-state index in [1.807, 2.05) is 6.92 Å². The third-order valence-electron chi connectivity index (χ3n) is 3.03. The number of benzene rings is 1. The summed E-state index contributed by atoms with van der Waals surface area (Å²) in [6.45, 7) is 3.21. The van der Waals surface area contributed by atoms with Gasteiger partial charge in [-0.25, -0.2) is 4.39 Å². The highest BCUT2D eigenvalue weighted by Crippen LogP contribution is 2.22. The van der Waals surface area contributed by atoms with Gasteiger partial charge in [-0.2, -0.15) is 0 Å². The van der Waals surface area contributed by atoms with Gasteiger partial charge in [-0.3, -0.25) is 4.79 Å². The van der Waals surface area contributed by atoms with Crippen LogP contribution < -0.4 is 5.32 Å². The molecule has 1 aliphatic rings. The van der Waals surface area contributed by atoms with Crippen molar-refractivity contribution < 1.29 is 13.9 Å². The van der Waals surface area contributed by atoms with Gasteiger partial charge >= 0.3 is 0 Å². The first-order valence-corrected chi connectivity index (χ1v) is 6.65. The molecule has 1 heterocycles. The third kappa shape index (κ3) is 3.09. The molecule has 18 heavy (non-hydrogen) atoms. The molecule has 0 spiro atoms. The molecule has 1 fully saturated rings. The van der Waals surface area contributed by atoms with Crippen molar-refractivity contribution in [1.82, 2.24) is 5.32 Å². The highest BCUT2D eigenvalue weighted by molar-refractivity contribution is 9.10. The molecule has 5 heteroatoms. The molecule has 3 nitrogen and oxygen atoms in total. The van der Waals surface area contributed by atoms with Crippen molar-refractivity contribution in [2.75, 3.05) is 13.2 Å². The predicted molar refractivity (Wildman–Crippen MR) is 70.0 cm³/mol. The van der Waals surface area contributed by atoms with Crippen LogP contribution in [0.3, 0.4) is 0 Å². The van der Waals surface area contributed by atoms with E-state index < -0.39 is 0 Å². The van der Waals surface area contributed by atoms with Crippen LogP contribution in [0.4, 0.5) is 4.39 Å². The Morgan fingerprint density at radius 2 is 2.33 bits per heavy atom. The molecule has 98 valence electrons. The van der Waals surface area contributed by atoms with Gasteiger partial charge in [0, 0.05) is 11.1 Å². The van der Waals surface area contributed by atoms with Gasteiger partial charge in [-0.1, -0.05) is 0 Å². The largest absolute Gasteiger partial charge is 0.379 e. The predicted octanol–water partition coefficient (Wildman–Crippen LogP) is 2.89. The van der Waals surface area contributed by atoms with Gasteiger partial charge in [0.15, 0.2) is 0 Å². The van der Waals surface area contributed by atoms with Crippen LogP contribution in [0, 0.1) is 5.82 Å². The average molecular weight is 316 g/mol. The summed E-state index contributed by atoms with van der Waals surface area (Å²) in [5.74, 6) is -0.583. The summed E-state index contributed by atoms with van der Waals surface area (Å²) in [7, 11) is 0. The molecular weight excluding hydrogens is 301 g/mol. The number of hydrogen-bond donors (Lipinski definition) is 1. The summed E-state index contributed by atoms with van der Waals surface area (Å²) in [4.78, 5) is 12.1. The fourth-order valence-electron chi connectivity index (χ4n) is 2.05. The van der Waals surface area contributed by atoms with Crippen molar-refractivity contribution in [2.45, 2.75) is 25.3 Å². The van der Waals surface area contributed by atoms with Crippen LogP contribution >= 0.6 is 15.9 Å². The second-order valence-electron chi connectivity index (χ2n) is 4.80. The minimum Gasteiger partial charge on any atom is -0.379 e. The van der Waals surface area contributed by atoms with Crippen LogP contribution in [0.2, 0.25) is 0 Å². The van der Waals surface area contributed by atoms with E-state index in [2.05, 4.69) is 21.2 Å². The normalized spacial score (nSPS) is 23.7. The van der Waals surface area contributed by atoms with Crippen LogP contribution in [0.5, 0.6) is 0 Å². The molecule has 1 amide bonds. The second-order valence-corrected chi connectivity index (χ2v) is 5.65. The standard InChI is InChI=1S/C13H15BrFNO2/c1-13(5-2-6-18-8-13)16-12(17)10-4-3-9(15)7-11(10)14/h3-4,7H,2,5-6,8H2,1H3,(H,16,17). The number of halogens is 2. The zero-order valence-electron chi connectivity index (χ0n) is 10.1. The molecular formula is C13H15BrFNO2. The molecule has 1 saturated heterocycles. The smallest absolute Gasteiger partial charge is 0.252 e. The summed E-state index contributed by atoms with van der Waals surface area (Å²) >= 11 is 3.20. The number of carbonyl (C=O) groups is 1. The van der Waals surface area contributed by atoms with Crippen LogP contribution in [0.25, 0.3) is 0 Å². The fraction of sp³-hybridized carbons (Fsp3) is 0.462. The zero-order valence-corrected chi connectivity index (χ0v) is 11.7. The summed E-state index contributed by atoms with van der Waals surface area (Å²) in [6, 6.07) is 4.04.